The summed E-state index contributed by atoms with van der Waals surface area (Å²) >= 11 is 0. The zero-order valence-corrected chi connectivity index (χ0v) is 12.8. The lowest BCUT2D eigenvalue weighted by molar-refractivity contribution is -0.142. The summed E-state index contributed by atoms with van der Waals surface area (Å²) in [5.41, 5.74) is 1.09. The minimum Gasteiger partial charge on any atom is -0.485 e. The Kier molecular flexibility index (Phi) is 3.65. The van der Waals surface area contributed by atoms with Crippen LogP contribution in [0.5, 0.6) is 11.5 Å². The number of ether oxygens (including phenoxy) is 2. The van der Waals surface area contributed by atoms with Gasteiger partial charge in [0.05, 0.1) is 0 Å². The van der Waals surface area contributed by atoms with Gasteiger partial charge < -0.3 is 14.4 Å². The van der Waals surface area contributed by atoms with Gasteiger partial charge in [0.15, 0.2) is 11.5 Å². The fraction of sp³-hybridized carbons (Fsp3) is 0.412. The molecule has 1 aromatic heterocycles. The van der Waals surface area contributed by atoms with E-state index in [1.165, 1.54) is 0 Å². The normalized spacial score (nSPS) is 23.6. The number of carbonyl (C=O) groups excluding carboxylic acids is 1. The summed E-state index contributed by atoms with van der Waals surface area (Å²) in [6.07, 6.45) is 3.24. The minimum absolute atomic E-state index is 0.00344. The van der Waals surface area contributed by atoms with Gasteiger partial charge in [0.1, 0.15) is 6.61 Å². The highest BCUT2D eigenvalue weighted by Gasteiger charge is 2.34. The largest absolute Gasteiger partial charge is 0.485 e. The summed E-state index contributed by atoms with van der Waals surface area (Å²) in [5, 5.41) is 7.02. The third kappa shape index (κ3) is 2.76. The molecule has 0 bridgehead atoms. The van der Waals surface area contributed by atoms with E-state index in [-0.39, 0.29) is 12.5 Å². The summed E-state index contributed by atoms with van der Waals surface area (Å²) in [5.74, 6) is 1.65. The molecule has 2 aromatic rings. The van der Waals surface area contributed by atoms with Crippen LogP contribution in [-0.4, -0.2) is 46.8 Å². The van der Waals surface area contributed by atoms with E-state index in [9.17, 15) is 4.79 Å². The Balaban J connectivity index is 1.45. The van der Waals surface area contributed by atoms with Crippen molar-refractivity contribution in [2.75, 3.05) is 19.7 Å². The van der Waals surface area contributed by atoms with E-state index in [2.05, 4.69) is 10.2 Å². The van der Waals surface area contributed by atoms with Crippen LogP contribution in [0.2, 0.25) is 0 Å². The summed E-state index contributed by atoms with van der Waals surface area (Å²) in [7, 11) is 0. The van der Waals surface area contributed by atoms with E-state index in [1.54, 1.807) is 6.20 Å². The molecule has 6 nitrogen and oxygen atoms in total. The maximum atomic E-state index is 12.8. The molecule has 23 heavy (non-hydrogen) atoms. The number of aromatic amines is 1. The highest BCUT2D eigenvalue weighted by atomic mass is 16.6. The number of amides is 1. The van der Waals surface area contributed by atoms with Crippen LogP contribution in [0.4, 0.5) is 0 Å². The smallest absolute Gasteiger partial charge is 0.267 e. The molecule has 1 amide bonds. The Morgan fingerprint density at radius 3 is 2.96 bits per heavy atom. The predicted molar refractivity (Wildman–Crippen MR) is 83.5 cm³/mol. The zero-order chi connectivity index (χ0) is 15.6. The number of para-hydroxylation sites is 2. The first-order valence-corrected chi connectivity index (χ1v) is 7.98. The third-order valence-corrected chi connectivity index (χ3v) is 4.48. The third-order valence-electron chi connectivity index (χ3n) is 4.48. The predicted octanol–water partition coefficient (Wildman–Crippen LogP) is 1.96. The lowest BCUT2D eigenvalue weighted by Crippen LogP contribution is -2.49. The minimum atomic E-state index is -0.564. The van der Waals surface area contributed by atoms with Crippen LogP contribution in [0.3, 0.4) is 0 Å². The van der Waals surface area contributed by atoms with Crippen LogP contribution in [0, 0.1) is 0 Å². The number of hydrogen-bond acceptors (Lipinski definition) is 4. The molecule has 6 heteroatoms. The summed E-state index contributed by atoms with van der Waals surface area (Å²) < 4.78 is 11.5. The number of benzene rings is 1. The number of hydrogen-bond donors (Lipinski definition) is 1. The summed E-state index contributed by atoms with van der Waals surface area (Å²) in [6, 6.07) is 9.44. The first-order valence-electron chi connectivity index (χ1n) is 7.98. The topological polar surface area (TPSA) is 67.5 Å². The first kappa shape index (κ1) is 14.1. The van der Waals surface area contributed by atoms with E-state index in [4.69, 9.17) is 9.47 Å². The second-order valence-corrected chi connectivity index (χ2v) is 6.00. The van der Waals surface area contributed by atoms with Crippen molar-refractivity contribution in [2.45, 2.75) is 24.9 Å². The Bertz CT molecular complexity index is 686. The first-order chi connectivity index (χ1) is 11.3. The van der Waals surface area contributed by atoms with Gasteiger partial charge in [0.2, 0.25) is 6.10 Å². The van der Waals surface area contributed by atoms with Crippen molar-refractivity contribution in [1.82, 2.24) is 15.1 Å². The molecule has 1 fully saturated rings. The summed E-state index contributed by atoms with van der Waals surface area (Å²) in [6.45, 7) is 1.73. The molecule has 3 heterocycles. The molecule has 1 aromatic carbocycles. The number of nitrogens with one attached hydrogen (secondary N) is 1. The number of fused-ring (bicyclic) bond motifs is 1. The molecule has 2 aliphatic heterocycles. The molecule has 1 saturated heterocycles. The second kappa shape index (κ2) is 5.95. The lowest BCUT2D eigenvalue weighted by atomic mass is 9.94. The summed E-state index contributed by atoms with van der Waals surface area (Å²) in [4.78, 5) is 14.7. The van der Waals surface area contributed by atoms with Gasteiger partial charge >= 0.3 is 0 Å². The standard InChI is InChI=1S/C17H19N3O3/c21-17(16-11-22-14-5-1-2-6-15(14)23-16)20-9-3-4-12(10-20)13-7-8-18-19-13/h1-2,5-8,12,16H,3-4,9-11H2,(H,18,19)/t12-,16+/m1/s1. The van der Waals surface area contributed by atoms with Gasteiger partial charge in [-0.25, -0.2) is 0 Å². The maximum Gasteiger partial charge on any atom is 0.267 e. The van der Waals surface area contributed by atoms with Gasteiger partial charge in [-0.1, -0.05) is 12.1 Å². The van der Waals surface area contributed by atoms with E-state index >= 15 is 0 Å². The van der Waals surface area contributed by atoms with Crippen LogP contribution < -0.4 is 9.47 Å². The second-order valence-electron chi connectivity index (χ2n) is 6.00. The number of carbonyl (C=O) groups is 1. The average molecular weight is 313 g/mol. The number of likely N-dealkylation sites (tertiary alicyclic amines) is 1. The average Bonchev–Trinajstić information content (AvgIpc) is 3.15. The molecule has 0 unspecified atom stereocenters. The van der Waals surface area contributed by atoms with E-state index in [0.29, 0.717) is 24.0 Å². The molecule has 4 rings (SSSR count). The van der Waals surface area contributed by atoms with Crippen LogP contribution in [-0.2, 0) is 4.79 Å². The fourth-order valence-electron chi connectivity index (χ4n) is 3.27. The fourth-order valence-corrected chi connectivity index (χ4v) is 3.27. The van der Waals surface area contributed by atoms with Crippen molar-refractivity contribution in [1.29, 1.82) is 0 Å². The molecular formula is C17H19N3O3. The highest BCUT2D eigenvalue weighted by Crippen LogP contribution is 2.32. The molecule has 0 radical (unpaired) electrons. The van der Waals surface area contributed by atoms with Crippen molar-refractivity contribution in [3.63, 3.8) is 0 Å². The van der Waals surface area contributed by atoms with Crippen LogP contribution in [0.1, 0.15) is 24.5 Å². The number of rotatable bonds is 2. The molecule has 0 saturated carbocycles. The number of aromatic nitrogens is 2. The highest BCUT2D eigenvalue weighted by molar-refractivity contribution is 5.82. The van der Waals surface area contributed by atoms with Gasteiger partial charge in [0, 0.05) is 30.9 Å². The van der Waals surface area contributed by atoms with E-state index in [0.717, 1.165) is 25.1 Å². The van der Waals surface area contributed by atoms with Gasteiger partial charge in [-0.3, -0.25) is 9.89 Å². The monoisotopic (exact) mass is 313 g/mol. The Hall–Kier alpha value is -2.50. The number of piperidine rings is 1. The molecule has 0 aliphatic carbocycles. The number of H-pyrrole nitrogens is 1. The van der Waals surface area contributed by atoms with Crippen molar-refractivity contribution in [2.24, 2.45) is 0 Å². The van der Waals surface area contributed by atoms with Crippen LogP contribution >= 0.6 is 0 Å². The molecule has 2 atom stereocenters. The SMILES string of the molecule is O=C([C@@H]1COc2ccccc2O1)N1CCC[C@@H](c2ccn[nH]2)C1. The van der Waals surface area contributed by atoms with Gasteiger partial charge in [-0.15, -0.1) is 0 Å². The van der Waals surface area contributed by atoms with Gasteiger partial charge in [-0.05, 0) is 31.0 Å². The van der Waals surface area contributed by atoms with E-state index in [1.807, 2.05) is 35.2 Å². The van der Waals surface area contributed by atoms with Crippen LogP contribution in [0.25, 0.3) is 0 Å². The van der Waals surface area contributed by atoms with Gasteiger partial charge in [0.25, 0.3) is 5.91 Å². The van der Waals surface area contributed by atoms with Crippen molar-refractivity contribution < 1.29 is 14.3 Å². The maximum absolute atomic E-state index is 12.8. The lowest BCUT2D eigenvalue weighted by Gasteiger charge is -2.35. The van der Waals surface area contributed by atoms with Gasteiger partial charge in [-0.2, -0.15) is 5.10 Å². The molecule has 1 N–H and O–H groups in total. The molecular weight excluding hydrogens is 294 g/mol. The molecule has 0 spiro atoms. The quantitative estimate of drug-likeness (QED) is 0.920. The van der Waals surface area contributed by atoms with E-state index < -0.39 is 6.10 Å². The molecule has 2 aliphatic rings. The van der Waals surface area contributed by atoms with Crippen molar-refractivity contribution in [3.05, 3.63) is 42.2 Å². The van der Waals surface area contributed by atoms with Crippen LogP contribution in [0.15, 0.2) is 36.5 Å². The Morgan fingerprint density at radius 2 is 2.13 bits per heavy atom. The Labute approximate surface area is 134 Å². The Morgan fingerprint density at radius 1 is 1.26 bits per heavy atom. The number of nitrogens with zero attached hydrogens (tertiary/aromatic N) is 2. The zero-order valence-electron chi connectivity index (χ0n) is 12.8. The van der Waals surface area contributed by atoms with Crippen molar-refractivity contribution >= 4 is 5.91 Å². The van der Waals surface area contributed by atoms with Crippen molar-refractivity contribution in [3.8, 4) is 11.5 Å². The molecule has 120 valence electrons.